The average Bonchev–Trinajstić information content (AvgIpc) is 2.67. The number of halogens is 1. The molecular weight excluding hydrogens is 286 g/mol. The number of methoxy groups -OCH3 is 1. The highest BCUT2D eigenvalue weighted by Crippen LogP contribution is 2.18. The summed E-state index contributed by atoms with van der Waals surface area (Å²) in [5, 5.41) is 0. The molecule has 1 heterocycles. The first-order chi connectivity index (χ1) is 8.11. The summed E-state index contributed by atoms with van der Waals surface area (Å²) < 4.78 is 6.97. The summed E-state index contributed by atoms with van der Waals surface area (Å²) in [5.41, 5.74) is 6.96. The van der Waals surface area contributed by atoms with Crippen molar-refractivity contribution >= 4 is 27.8 Å². The first-order valence-corrected chi connectivity index (χ1v) is 5.60. The lowest BCUT2D eigenvalue weighted by molar-refractivity contribution is 0.0600. The number of ether oxygens (including phenoxy) is 1. The molecule has 0 radical (unpaired) electrons. The Balaban J connectivity index is 2.46. The monoisotopic (exact) mass is 295 g/mol. The summed E-state index contributed by atoms with van der Waals surface area (Å²) in [6.45, 7) is 0. The number of esters is 1. The van der Waals surface area contributed by atoms with Crippen molar-refractivity contribution < 1.29 is 9.53 Å². The van der Waals surface area contributed by atoms with Gasteiger partial charge in [0, 0.05) is 11.9 Å². The molecule has 5 nitrogen and oxygen atoms in total. The highest BCUT2D eigenvalue weighted by molar-refractivity contribution is 9.10. The Morgan fingerprint density at radius 3 is 2.88 bits per heavy atom. The number of anilines is 1. The number of hydrogen-bond acceptors (Lipinski definition) is 4. The molecule has 0 aliphatic carbocycles. The van der Waals surface area contributed by atoms with Crippen LogP contribution >= 0.6 is 15.9 Å². The third-order valence-corrected chi connectivity index (χ3v) is 2.63. The molecule has 1 aromatic heterocycles. The van der Waals surface area contributed by atoms with Gasteiger partial charge < -0.3 is 10.5 Å². The summed E-state index contributed by atoms with van der Waals surface area (Å²) in [5.74, 6) is -0.0384. The van der Waals surface area contributed by atoms with E-state index in [0.717, 1.165) is 5.69 Å². The lowest BCUT2D eigenvalue weighted by atomic mass is 10.2. The molecule has 2 N–H and O–H groups in total. The summed E-state index contributed by atoms with van der Waals surface area (Å²) in [6, 6.07) is 6.96. The number of imidazole rings is 1. The fraction of sp³-hybridized carbons (Fsp3) is 0.0909. The van der Waals surface area contributed by atoms with Crippen LogP contribution in [-0.2, 0) is 4.74 Å². The quantitative estimate of drug-likeness (QED) is 0.861. The number of aromatic nitrogens is 2. The van der Waals surface area contributed by atoms with Crippen LogP contribution in [0.3, 0.4) is 0 Å². The molecule has 0 saturated heterocycles. The minimum absolute atomic E-state index is 0.346. The fourth-order valence-corrected chi connectivity index (χ4v) is 1.86. The normalized spacial score (nSPS) is 10.2. The number of carbonyl (C=O) groups excluding carboxylic acids is 1. The SMILES string of the molecule is COC(=O)c1cccc(-n2cc(Br)nc2N)c1. The van der Waals surface area contributed by atoms with Crippen LogP contribution < -0.4 is 5.73 Å². The van der Waals surface area contributed by atoms with Gasteiger partial charge in [-0.1, -0.05) is 6.07 Å². The second kappa shape index (κ2) is 4.58. The first kappa shape index (κ1) is 11.7. The smallest absolute Gasteiger partial charge is 0.337 e. The number of nitrogens with zero attached hydrogens (tertiary/aromatic N) is 2. The van der Waals surface area contributed by atoms with E-state index in [0.29, 0.717) is 16.1 Å². The Labute approximate surface area is 106 Å². The van der Waals surface area contributed by atoms with E-state index < -0.39 is 0 Å². The Bertz CT molecular complexity index is 566. The van der Waals surface area contributed by atoms with Crippen molar-refractivity contribution in [2.75, 3.05) is 12.8 Å². The van der Waals surface area contributed by atoms with Crippen LogP contribution in [0, 0.1) is 0 Å². The van der Waals surface area contributed by atoms with Crippen LogP contribution in [0.5, 0.6) is 0 Å². The van der Waals surface area contributed by atoms with Gasteiger partial charge in [0.1, 0.15) is 4.60 Å². The second-order valence-corrected chi connectivity index (χ2v) is 4.15. The minimum atomic E-state index is -0.385. The Kier molecular flexibility index (Phi) is 3.14. The van der Waals surface area contributed by atoms with E-state index in [2.05, 4.69) is 25.7 Å². The van der Waals surface area contributed by atoms with Gasteiger partial charge in [-0.15, -0.1) is 0 Å². The predicted molar refractivity (Wildman–Crippen MR) is 67.0 cm³/mol. The molecule has 0 amide bonds. The molecule has 0 fully saturated rings. The zero-order chi connectivity index (χ0) is 12.4. The van der Waals surface area contributed by atoms with Gasteiger partial charge in [0.25, 0.3) is 0 Å². The van der Waals surface area contributed by atoms with Crippen molar-refractivity contribution in [3.05, 3.63) is 40.6 Å². The van der Waals surface area contributed by atoms with E-state index in [9.17, 15) is 4.79 Å². The number of hydrogen-bond donors (Lipinski definition) is 1. The van der Waals surface area contributed by atoms with Crippen LogP contribution in [0.1, 0.15) is 10.4 Å². The Hall–Kier alpha value is -1.82. The van der Waals surface area contributed by atoms with Gasteiger partial charge in [-0.05, 0) is 34.1 Å². The molecule has 0 bridgehead atoms. The Morgan fingerprint density at radius 2 is 2.29 bits per heavy atom. The second-order valence-electron chi connectivity index (χ2n) is 3.33. The zero-order valence-electron chi connectivity index (χ0n) is 9.05. The van der Waals surface area contributed by atoms with Crippen LogP contribution in [0.4, 0.5) is 5.95 Å². The first-order valence-electron chi connectivity index (χ1n) is 4.81. The average molecular weight is 296 g/mol. The standard InChI is InChI=1S/C11H10BrN3O2/c1-17-10(16)7-3-2-4-8(5-7)15-6-9(12)14-11(15)13/h2-6H,1H3,(H2,13,14). The highest BCUT2D eigenvalue weighted by Gasteiger charge is 2.09. The Morgan fingerprint density at radius 1 is 1.53 bits per heavy atom. The van der Waals surface area contributed by atoms with E-state index in [-0.39, 0.29) is 5.97 Å². The van der Waals surface area contributed by atoms with Crippen molar-refractivity contribution in [2.24, 2.45) is 0 Å². The molecule has 0 spiro atoms. The van der Waals surface area contributed by atoms with Gasteiger partial charge in [-0.25, -0.2) is 9.78 Å². The maximum Gasteiger partial charge on any atom is 0.337 e. The summed E-state index contributed by atoms with van der Waals surface area (Å²) in [7, 11) is 1.34. The van der Waals surface area contributed by atoms with Crippen molar-refractivity contribution in [1.29, 1.82) is 0 Å². The van der Waals surface area contributed by atoms with E-state index in [1.54, 1.807) is 29.0 Å². The van der Waals surface area contributed by atoms with Crippen molar-refractivity contribution in [2.45, 2.75) is 0 Å². The molecule has 0 saturated carbocycles. The third kappa shape index (κ3) is 2.31. The number of nitrogens with two attached hydrogens (primary N) is 1. The molecule has 1 aromatic carbocycles. The van der Waals surface area contributed by atoms with E-state index in [1.807, 2.05) is 6.07 Å². The van der Waals surface area contributed by atoms with Gasteiger partial charge in [0.05, 0.1) is 12.7 Å². The maximum absolute atomic E-state index is 11.4. The molecule has 0 aliphatic heterocycles. The number of benzene rings is 1. The van der Waals surface area contributed by atoms with Crippen LogP contribution in [0.15, 0.2) is 35.1 Å². The zero-order valence-corrected chi connectivity index (χ0v) is 10.6. The summed E-state index contributed by atoms with van der Waals surface area (Å²) in [4.78, 5) is 15.4. The molecule has 0 aliphatic rings. The number of carbonyl (C=O) groups is 1. The highest BCUT2D eigenvalue weighted by atomic mass is 79.9. The third-order valence-electron chi connectivity index (χ3n) is 2.25. The van der Waals surface area contributed by atoms with Gasteiger partial charge in [-0.2, -0.15) is 0 Å². The van der Waals surface area contributed by atoms with Crippen molar-refractivity contribution in [3.8, 4) is 5.69 Å². The molecular formula is C11H10BrN3O2. The predicted octanol–water partition coefficient (Wildman–Crippen LogP) is 2.00. The lowest BCUT2D eigenvalue weighted by Crippen LogP contribution is -2.04. The van der Waals surface area contributed by atoms with E-state index in [1.165, 1.54) is 7.11 Å². The molecule has 2 rings (SSSR count). The number of nitrogen functional groups attached to an aromatic ring is 1. The summed E-state index contributed by atoms with van der Waals surface area (Å²) in [6.07, 6.45) is 1.73. The van der Waals surface area contributed by atoms with Gasteiger partial charge >= 0.3 is 5.97 Å². The number of rotatable bonds is 2. The van der Waals surface area contributed by atoms with Crippen LogP contribution in [0.2, 0.25) is 0 Å². The molecule has 0 unspecified atom stereocenters. The molecule has 6 heteroatoms. The topological polar surface area (TPSA) is 70.1 Å². The molecule has 2 aromatic rings. The molecule has 88 valence electrons. The van der Waals surface area contributed by atoms with Crippen molar-refractivity contribution in [3.63, 3.8) is 0 Å². The lowest BCUT2D eigenvalue weighted by Gasteiger charge is -2.06. The molecule has 0 atom stereocenters. The maximum atomic E-state index is 11.4. The van der Waals surface area contributed by atoms with Crippen LogP contribution in [0.25, 0.3) is 5.69 Å². The van der Waals surface area contributed by atoms with Gasteiger partial charge in [0.15, 0.2) is 0 Å². The van der Waals surface area contributed by atoms with E-state index in [4.69, 9.17) is 5.73 Å². The molecule has 17 heavy (non-hydrogen) atoms. The van der Waals surface area contributed by atoms with Crippen molar-refractivity contribution in [1.82, 2.24) is 9.55 Å². The van der Waals surface area contributed by atoms with Gasteiger partial charge in [0.2, 0.25) is 5.95 Å². The van der Waals surface area contributed by atoms with E-state index >= 15 is 0 Å². The minimum Gasteiger partial charge on any atom is -0.465 e. The van der Waals surface area contributed by atoms with Crippen LogP contribution in [-0.4, -0.2) is 22.6 Å². The fourth-order valence-electron chi connectivity index (χ4n) is 1.47. The largest absolute Gasteiger partial charge is 0.465 e. The van der Waals surface area contributed by atoms with Gasteiger partial charge in [-0.3, -0.25) is 4.57 Å². The summed E-state index contributed by atoms with van der Waals surface area (Å²) >= 11 is 3.24.